The normalized spacial score (nSPS) is 26.1. The van der Waals surface area contributed by atoms with Crippen molar-refractivity contribution in [2.75, 3.05) is 23.0 Å². The molecule has 2 aliphatic heterocycles. The second-order valence-electron chi connectivity index (χ2n) is 8.01. The van der Waals surface area contributed by atoms with E-state index in [0.717, 1.165) is 23.3 Å². The van der Waals surface area contributed by atoms with Crippen molar-refractivity contribution in [3.63, 3.8) is 0 Å². The predicted molar refractivity (Wildman–Crippen MR) is 106 cm³/mol. The van der Waals surface area contributed by atoms with Crippen molar-refractivity contribution in [3.8, 4) is 0 Å². The van der Waals surface area contributed by atoms with E-state index in [2.05, 4.69) is 14.4 Å². The van der Waals surface area contributed by atoms with Gasteiger partial charge in [0.05, 0.1) is 17.6 Å². The Morgan fingerprint density at radius 2 is 1.90 bits per heavy atom. The number of hydrogen-bond donors (Lipinski definition) is 2. The Hall–Kier alpha value is -1.93. The molecule has 3 aliphatic rings. The molecular formula is C17H20F4N4O4S2. The number of benzene rings is 1. The fourth-order valence-electron chi connectivity index (χ4n) is 3.96. The summed E-state index contributed by atoms with van der Waals surface area (Å²) >= 11 is 0. The van der Waals surface area contributed by atoms with Gasteiger partial charge in [-0.25, -0.2) is 17.5 Å². The van der Waals surface area contributed by atoms with E-state index in [0.29, 0.717) is 12.8 Å². The number of nitrogens with zero attached hydrogens (tertiary/aromatic N) is 2. The molecule has 1 aromatic rings. The molecular weight excluding hydrogens is 464 g/mol. The second kappa shape index (κ2) is 7.30. The summed E-state index contributed by atoms with van der Waals surface area (Å²) in [5, 5.41) is 2.81. The van der Waals surface area contributed by atoms with Gasteiger partial charge >= 0.3 is 6.18 Å². The monoisotopic (exact) mass is 484 g/mol. The number of nitrogens with one attached hydrogen (secondary N) is 2. The summed E-state index contributed by atoms with van der Waals surface area (Å²) in [6.45, 7) is -0.259. The molecule has 1 aromatic carbocycles. The molecule has 0 bridgehead atoms. The summed E-state index contributed by atoms with van der Waals surface area (Å²) in [4.78, 5) is 0.366. The Bertz CT molecular complexity index is 1150. The highest BCUT2D eigenvalue weighted by molar-refractivity contribution is 7.90. The van der Waals surface area contributed by atoms with Gasteiger partial charge < -0.3 is 10.2 Å². The number of rotatable bonds is 4. The van der Waals surface area contributed by atoms with Crippen LogP contribution in [-0.2, 0) is 20.0 Å². The third kappa shape index (κ3) is 4.65. The zero-order valence-electron chi connectivity index (χ0n) is 16.3. The highest BCUT2D eigenvalue weighted by atomic mass is 32.2. The van der Waals surface area contributed by atoms with Crippen LogP contribution in [0, 0.1) is 11.7 Å². The maximum atomic E-state index is 14.3. The highest BCUT2D eigenvalue weighted by Crippen LogP contribution is 2.44. The second-order valence-corrected chi connectivity index (χ2v) is 11.4. The van der Waals surface area contributed by atoms with Gasteiger partial charge in [0.15, 0.2) is 0 Å². The van der Waals surface area contributed by atoms with Crippen molar-refractivity contribution >= 4 is 37.3 Å². The molecule has 0 radical (unpaired) electrons. The number of amidine groups is 1. The first-order valence-electron chi connectivity index (χ1n) is 9.51. The minimum absolute atomic E-state index is 0.0290. The number of alkyl halides is 3. The molecule has 14 heteroatoms. The van der Waals surface area contributed by atoms with Crippen molar-refractivity contribution in [3.05, 3.63) is 17.9 Å². The number of halogens is 4. The smallest absolute Gasteiger partial charge is 0.358 e. The molecule has 2 N–H and O–H groups in total. The molecule has 0 unspecified atom stereocenters. The zero-order chi connectivity index (χ0) is 22.8. The first kappa shape index (κ1) is 22.3. The van der Waals surface area contributed by atoms with Gasteiger partial charge in [-0.05, 0) is 37.8 Å². The quantitative estimate of drug-likeness (QED) is 0.635. The van der Waals surface area contributed by atoms with Gasteiger partial charge in [0.25, 0.3) is 10.0 Å². The molecule has 0 spiro atoms. The van der Waals surface area contributed by atoms with E-state index in [4.69, 9.17) is 0 Å². The van der Waals surface area contributed by atoms with Gasteiger partial charge in [-0.1, -0.05) is 0 Å². The number of hydrogen-bond acceptors (Lipinski definition) is 6. The van der Waals surface area contributed by atoms with E-state index >= 15 is 0 Å². The lowest BCUT2D eigenvalue weighted by molar-refractivity contribution is -0.153. The van der Waals surface area contributed by atoms with Gasteiger partial charge in [0.2, 0.25) is 10.0 Å². The molecule has 31 heavy (non-hydrogen) atoms. The first-order valence-corrected chi connectivity index (χ1v) is 12.8. The molecule has 2 fully saturated rings. The SMILES string of the molecule is CS(=O)(=O)N[C@H]1CCN(c2cc(F)cc3c2NC(C2CC2)=NS3(=O)=O)[C@@H](C(F)(F)F)C1. The van der Waals surface area contributed by atoms with Crippen LogP contribution in [0.1, 0.15) is 25.7 Å². The standard InChI is InChI=1S/C17H20F4N4O4S2/c1-30(26,27)23-11-4-5-25(14(8-11)17(19,20)21)12-6-10(18)7-13-15(12)22-16(9-2-3-9)24-31(13,28)29/h6-7,9,11,14,23H,2-5,8H2,1H3,(H,22,24)/t11-,14+/m0/s1. The van der Waals surface area contributed by atoms with E-state index in [1.807, 2.05) is 0 Å². The molecule has 1 saturated carbocycles. The van der Waals surface area contributed by atoms with Crippen LogP contribution < -0.4 is 14.9 Å². The largest absolute Gasteiger partial charge is 0.408 e. The molecule has 172 valence electrons. The topological polar surface area (TPSA) is 108 Å². The molecule has 1 saturated heterocycles. The number of sulfonamides is 2. The molecule has 0 amide bonds. The summed E-state index contributed by atoms with van der Waals surface area (Å²) in [6, 6.07) is -1.50. The van der Waals surface area contributed by atoms with Crippen molar-refractivity contribution < 1.29 is 34.4 Å². The minimum atomic E-state index is -4.77. The van der Waals surface area contributed by atoms with E-state index in [1.165, 1.54) is 0 Å². The molecule has 2 heterocycles. The Kier molecular flexibility index (Phi) is 5.25. The lowest BCUT2D eigenvalue weighted by atomic mass is 9.96. The van der Waals surface area contributed by atoms with E-state index in [-0.39, 0.29) is 36.1 Å². The zero-order valence-corrected chi connectivity index (χ0v) is 17.9. The van der Waals surface area contributed by atoms with Crippen molar-refractivity contribution in [2.45, 2.75) is 48.8 Å². The number of fused-ring (bicyclic) bond motifs is 1. The molecule has 2 atom stereocenters. The number of anilines is 2. The number of piperidine rings is 1. The van der Waals surface area contributed by atoms with Gasteiger partial charge in [-0.2, -0.15) is 21.6 Å². The predicted octanol–water partition coefficient (Wildman–Crippen LogP) is 2.20. The average Bonchev–Trinajstić information content (AvgIpc) is 3.44. The van der Waals surface area contributed by atoms with E-state index in [1.54, 1.807) is 0 Å². The Labute approximate surface area is 176 Å². The Balaban J connectivity index is 1.76. The van der Waals surface area contributed by atoms with Crippen molar-refractivity contribution in [1.82, 2.24) is 4.72 Å². The van der Waals surface area contributed by atoms with Crippen LogP contribution in [0.5, 0.6) is 0 Å². The van der Waals surface area contributed by atoms with Crippen LogP contribution in [0.4, 0.5) is 28.9 Å². The van der Waals surface area contributed by atoms with Crippen LogP contribution in [-0.4, -0.2) is 53.7 Å². The lowest BCUT2D eigenvalue weighted by Gasteiger charge is -2.42. The third-order valence-electron chi connectivity index (χ3n) is 5.43. The van der Waals surface area contributed by atoms with Gasteiger partial charge in [-0.3, -0.25) is 0 Å². The highest BCUT2D eigenvalue weighted by Gasteiger charge is 2.48. The lowest BCUT2D eigenvalue weighted by Crippen LogP contribution is -2.55. The van der Waals surface area contributed by atoms with E-state index < -0.39 is 55.4 Å². The minimum Gasteiger partial charge on any atom is -0.358 e. The third-order valence-corrected chi connectivity index (χ3v) is 7.51. The Morgan fingerprint density at radius 3 is 2.48 bits per heavy atom. The summed E-state index contributed by atoms with van der Waals surface area (Å²) in [5.41, 5.74) is -0.381. The summed E-state index contributed by atoms with van der Waals surface area (Å²) < 4.78 is 110. The van der Waals surface area contributed by atoms with Crippen LogP contribution in [0.15, 0.2) is 21.4 Å². The maximum Gasteiger partial charge on any atom is 0.408 e. The fraction of sp³-hybridized carbons (Fsp3) is 0.588. The van der Waals surface area contributed by atoms with Crippen LogP contribution in [0.3, 0.4) is 0 Å². The van der Waals surface area contributed by atoms with Crippen molar-refractivity contribution in [2.24, 2.45) is 10.3 Å². The van der Waals surface area contributed by atoms with E-state index in [9.17, 15) is 34.4 Å². The van der Waals surface area contributed by atoms with Crippen LogP contribution in [0.2, 0.25) is 0 Å². The first-order chi connectivity index (χ1) is 14.2. The van der Waals surface area contributed by atoms with Gasteiger partial charge in [-0.15, -0.1) is 4.40 Å². The van der Waals surface area contributed by atoms with Crippen LogP contribution in [0.25, 0.3) is 0 Å². The fourth-order valence-corrected chi connectivity index (χ4v) is 6.01. The summed E-state index contributed by atoms with van der Waals surface area (Å²) in [6.07, 6.45) is -3.09. The van der Waals surface area contributed by atoms with Crippen molar-refractivity contribution in [1.29, 1.82) is 0 Å². The average molecular weight is 484 g/mol. The Morgan fingerprint density at radius 1 is 1.23 bits per heavy atom. The molecule has 8 nitrogen and oxygen atoms in total. The summed E-state index contributed by atoms with van der Waals surface area (Å²) in [7, 11) is -8.01. The molecule has 4 rings (SSSR count). The molecule has 1 aliphatic carbocycles. The van der Waals surface area contributed by atoms with Crippen LogP contribution >= 0.6 is 0 Å². The summed E-state index contributed by atoms with van der Waals surface area (Å²) in [5.74, 6) is -1.01. The maximum absolute atomic E-state index is 14.3. The van der Waals surface area contributed by atoms with Gasteiger partial charge in [0.1, 0.15) is 22.6 Å². The van der Waals surface area contributed by atoms with Gasteiger partial charge in [0, 0.05) is 18.5 Å². The molecule has 0 aromatic heterocycles.